The quantitative estimate of drug-likeness (QED) is 0.733. The van der Waals surface area contributed by atoms with Crippen molar-refractivity contribution < 1.29 is 14.2 Å². The summed E-state index contributed by atoms with van der Waals surface area (Å²) >= 11 is 1.57. The minimum Gasteiger partial charge on any atom is -0.396 e. The van der Waals surface area contributed by atoms with Crippen LogP contribution >= 0.6 is 11.8 Å². The van der Waals surface area contributed by atoms with Crippen LogP contribution in [0.5, 0.6) is 0 Å². The molecule has 0 saturated heterocycles. The maximum Gasteiger partial charge on any atom is 0.107 e. The molecule has 1 aromatic rings. The average molecular weight is 259 g/mol. The predicted octanol–water partition coefficient (Wildman–Crippen LogP) is 1.76. The molecule has 0 aliphatic carbocycles. The lowest BCUT2D eigenvalue weighted by molar-refractivity contribution is 0.0720. The molecule has 0 heterocycles. The van der Waals surface area contributed by atoms with Gasteiger partial charge in [0.2, 0.25) is 0 Å². The first kappa shape index (κ1) is 14.4. The van der Waals surface area contributed by atoms with Gasteiger partial charge in [-0.1, -0.05) is 12.1 Å². The molecule has 2 unspecified atom stereocenters. The number of halogens is 1. The van der Waals surface area contributed by atoms with Crippen LogP contribution < -0.4 is 5.73 Å². The molecular weight excluding hydrogens is 241 g/mol. The summed E-state index contributed by atoms with van der Waals surface area (Å²) in [5, 5.41) is 8.71. The smallest absolute Gasteiger partial charge is 0.107 e. The van der Waals surface area contributed by atoms with Crippen molar-refractivity contribution in [1.29, 1.82) is 0 Å². The van der Waals surface area contributed by atoms with Gasteiger partial charge in [-0.15, -0.1) is 11.8 Å². The summed E-state index contributed by atoms with van der Waals surface area (Å²) in [6.07, 6.45) is -0.420. The van der Waals surface area contributed by atoms with E-state index in [2.05, 4.69) is 0 Å². The first-order valence-corrected chi connectivity index (χ1v) is 6.39. The zero-order valence-electron chi connectivity index (χ0n) is 9.80. The Hall–Kier alpha value is -0.620. The number of alkyl halides is 1. The fourth-order valence-electron chi connectivity index (χ4n) is 1.56. The fraction of sp³-hybridized carbons (Fsp3) is 0.500. The molecule has 96 valence electrons. The maximum atomic E-state index is 12.5. The number of hydrogen-bond donors (Lipinski definition) is 2. The zero-order valence-corrected chi connectivity index (χ0v) is 10.6. The van der Waals surface area contributed by atoms with E-state index in [9.17, 15) is 4.39 Å². The number of hydrogen-bond acceptors (Lipinski definition) is 4. The molecular formula is C12H18FNO2S. The van der Waals surface area contributed by atoms with E-state index in [0.29, 0.717) is 5.75 Å². The van der Waals surface area contributed by atoms with Gasteiger partial charge in [-0.05, 0) is 17.7 Å². The van der Waals surface area contributed by atoms with Crippen LogP contribution in [0.4, 0.5) is 4.39 Å². The SMILES string of the molecule is COC(c1ccc(SCCO)cc1)C(N)CF. The molecule has 17 heavy (non-hydrogen) atoms. The summed E-state index contributed by atoms with van der Waals surface area (Å²) in [6, 6.07) is 6.96. The second-order valence-electron chi connectivity index (χ2n) is 3.62. The predicted molar refractivity (Wildman–Crippen MR) is 68.0 cm³/mol. The highest BCUT2D eigenvalue weighted by Crippen LogP contribution is 2.24. The number of benzene rings is 1. The second-order valence-corrected chi connectivity index (χ2v) is 4.78. The molecule has 0 aromatic heterocycles. The van der Waals surface area contributed by atoms with Crippen LogP contribution in [-0.2, 0) is 4.74 Å². The topological polar surface area (TPSA) is 55.5 Å². The third kappa shape index (κ3) is 4.27. The van der Waals surface area contributed by atoms with E-state index < -0.39 is 18.8 Å². The Balaban J connectivity index is 2.71. The van der Waals surface area contributed by atoms with E-state index in [-0.39, 0.29) is 6.61 Å². The van der Waals surface area contributed by atoms with E-state index in [1.54, 1.807) is 11.8 Å². The summed E-state index contributed by atoms with van der Waals surface area (Å²) in [5.41, 5.74) is 6.51. The minimum atomic E-state index is -0.643. The number of ether oxygens (including phenoxy) is 1. The van der Waals surface area contributed by atoms with Crippen molar-refractivity contribution in [3.63, 3.8) is 0 Å². The third-order valence-electron chi connectivity index (χ3n) is 2.39. The number of methoxy groups -OCH3 is 1. The minimum absolute atomic E-state index is 0.153. The van der Waals surface area contributed by atoms with Crippen molar-refractivity contribution in [2.75, 3.05) is 26.1 Å². The zero-order chi connectivity index (χ0) is 12.7. The molecule has 1 aromatic carbocycles. The number of aliphatic hydroxyl groups excluding tert-OH is 1. The number of nitrogens with two attached hydrogens (primary N) is 1. The van der Waals surface area contributed by atoms with Crippen LogP contribution in [-0.4, -0.2) is 37.3 Å². The number of rotatable bonds is 7. The Labute approximate surface area is 105 Å². The van der Waals surface area contributed by atoms with E-state index in [1.165, 1.54) is 7.11 Å². The lowest BCUT2D eigenvalue weighted by Gasteiger charge is -2.20. The average Bonchev–Trinajstić information content (AvgIpc) is 2.38. The Kier molecular flexibility index (Phi) is 6.50. The molecule has 0 bridgehead atoms. The Morgan fingerprint density at radius 1 is 1.41 bits per heavy atom. The molecule has 0 amide bonds. The normalized spacial score (nSPS) is 14.6. The highest BCUT2D eigenvalue weighted by atomic mass is 32.2. The second kappa shape index (κ2) is 7.66. The van der Waals surface area contributed by atoms with Crippen molar-refractivity contribution in [3.8, 4) is 0 Å². The van der Waals surface area contributed by atoms with Crippen molar-refractivity contribution in [3.05, 3.63) is 29.8 Å². The maximum absolute atomic E-state index is 12.5. The van der Waals surface area contributed by atoms with Crippen molar-refractivity contribution in [2.45, 2.75) is 17.0 Å². The number of aliphatic hydroxyl groups is 1. The molecule has 5 heteroatoms. The van der Waals surface area contributed by atoms with Gasteiger partial charge in [-0.3, -0.25) is 0 Å². The van der Waals surface area contributed by atoms with Gasteiger partial charge in [0.1, 0.15) is 6.67 Å². The van der Waals surface area contributed by atoms with Gasteiger partial charge in [-0.25, -0.2) is 4.39 Å². The molecule has 2 atom stereocenters. The molecule has 3 nitrogen and oxygen atoms in total. The van der Waals surface area contributed by atoms with E-state index in [0.717, 1.165) is 10.5 Å². The van der Waals surface area contributed by atoms with Crippen LogP contribution in [0.15, 0.2) is 29.2 Å². The summed E-state index contributed by atoms with van der Waals surface area (Å²) in [7, 11) is 1.52. The monoisotopic (exact) mass is 259 g/mol. The Morgan fingerprint density at radius 3 is 2.53 bits per heavy atom. The van der Waals surface area contributed by atoms with Gasteiger partial charge in [0.15, 0.2) is 0 Å². The molecule has 0 saturated carbocycles. The van der Waals surface area contributed by atoms with Gasteiger partial charge in [0.05, 0.1) is 18.8 Å². The van der Waals surface area contributed by atoms with Gasteiger partial charge < -0.3 is 15.6 Å². The van der Waals surface area contributed by atoms with Crippen LogP contribution in [0, 0.1) is 0 Å². The number of thioether (sulfide) groups is 1. The highest BCUT2D eigenvalue weighted by molar-refractivity contribution is 7.99. The summed E-state index contributed by atoms with van der Waals surface area (Å²) < 4.78 is 17.7. The first-order chi connectivity index (χ1) is 8.22. The highest BCUT2D eigenvalue weighted by Gasteiger charge is 2.18. The van der Waals surface area contributed by atoms with Crippen molar-refractivity contribution in [2.24, 2.45) is 5.73 Å². The third-order valence-corrected chi connectivity index (χ3v) is 3.38. The molecule has 1 rings (SSSR count). The van der Waals surface area contributed by atoms with Gasteiger partial charge in [0.25, 0.3) is 0 Å². The summed E-state index contributed by atoms with van der Waals surface area (Å²) in [4.78, 5) is 1.06. The van der Waals surface area contributed by atoms with Gasteiger partial charge >= 0.3 is 0 Å². The van der Waals surface area contributed by atoms with E-state index in [1.807, 2.05) is 24.3 Å². The molecule has 3 N–H and O–H groups in total. The summed E-state index contributed by atoms with van der Waals surface area (Å²) in [6.45, 7) is -0.459. The molecule has 0 radical (unpaired) electrons. The van der Waals surface area contributed by atoms with Crippen LogP contribution in [0.25, 0.3) is 0 Å². The largest absolute Gasteiger partial charge is 0.396 e. The van der Waals surface area contributed by atoms with Crippen molar-refractivity contribution >= 4 is 11.8 Å². The molecule has 0 fully saturated rings. The fourth-order valence-corrected chi connectivity index (χ4v) is 2.21. The van der Waals surface area contributed by atoms with Gasteiger partial charge in [0, 0.05) is 17.8 Å². The lowest BCUT2D eigenvalue weighted by Crippen LogP contribution is -2.31. The molecule has 0 aliphatic rings. The molecule has 0 aliphatic heterocycles. The van der Waals surface area contributed by atoms with Crippen molar-refractivity contribution in [1.82, 2.24) is 0 Å². The standard InChI is InChI=1S/C12H18FNO2S/c1-16-12(11(14)8-13)9-2-4-10(5-3-9)17-7-6-15/h2-5,11-12,15H,6-8,14H2,1H3. The Bertz CT molecular complexity index is 321. The van der Waals surface area contributed by atoms with Crippen LogP contribution in [0.1, 0.15) is 11.7 Å². The van der Waals surface area contributed by atoms with E-state index in [4.69, 9.17) is 15.6 Å². The molecule has 0 spiro atoms. The van der Waals surface area contributed by atoms with Crippen LogP contribution in [0.2, 0.25) is 0 Å². The lowest BCUT2D eigenvalue weighted by atomic mass is 10.0. The summed E-state index contributed by atoms with van der Waals surface area (Å²) in [5.74, 6) is 0.664. The Morgan fingerprint density at radius 2 is 2.06 bits per heavy atom. The van der Waals surface area contributed by atoms with E-state index >= 15 is 0 Å². The van der Waals surface area contributed by atoms with Gasteiger partial charge in [-0.2, -0.15) is 0 Å². The van der Waals surface area contributed by atoms with Crippen LogP contribution in [0.3, 0.4) is 0 Å². The first-order valence-electron chi connectivity index (χ1n) is 5.41.